The third kappa shape index (κ3) is 3.93. The summed E-state index contributed by atoms with van der Waals surface area (Å²) in [6, 6.07) is 10.9. The molecule has 3 aromatic rings. The van der Waals surface area contributed by atoms with Crippen LogP contribution in [0.3, 0.4) is 0 Å². The fourth-order valence-corrected chi connectivity index (χ4v) is 4.34. The number of amides is 1. The highest BCUT2D eigenvalue weighted by Crippen LogP contribution is 2.40. The van der Waals surface area contributed by atoms with Crippen molar-refractivity contribution in [1.29, 1.82) is 0 Å². The average molecular weight is 440 g/mol. The number of hydrogen-bond acceptors (Lipinski definition) is 6. The lowest BCUT2D eigenvalue weighted by molar-refractivity contribution is 0.0618. The highest BCUT2D eigenvalue weighted by molar-refractivity contribution is 5.99. The first kappa shape index (κ1) is 21.8. The minimum Gasteiger partial charge on any atom is -0.508 e. The molecule has 1 fully saturated rings. The van der Waals surface area contributed by atoms with Crippen LogP contribution in [0.2, 0.25) is 0 Å². The van der Waals surface area contributed by atoms with Gasteiger partial charge in [0.2, 0.25) is 5.75 Å². The highest BCUT2D eigenvalue weighted by Gasteiger charge is 2.26. The summed E-state index contributed by atoms with van der Waals surface area (Å²) in [5.74, 6) is 2.09. The molecule has 2 heterocycles. The van der Waals surface area contributed by atoms with E-state index in [1.54, 1.807) is 33.5 Å². The first-order valence-electron chi connectivity index (χ1n) is 10.5. The molecule has 1 aliphatic heterocycles. The fraction of sp³-hybridized carbons (Fsp3) is 0.375. The van der Waals surface area contributed by atoms with Crippen LogP contribution in [0.1, 0.15) is 16.1 Å². The molecule has 0 aliphatic carbocycles. The number of methoxy groups -OCH3 is 3. The summed E-state index contributed by atoms with van der Waals surface area (Å²) < 4.78 is 18.3. The molecule has 1 N–H and O–H groups in total. The van der Waals surface area contributed by atoms with Gasteiger partial charge in [0.05, 0.1) is 21.3 Å². The number of aromatic hydroxyl groups is 1. The third-order valence-electron chi connectivity index (χ3n) is 6.08. The number of nitrogens with zero attached hydrogens (tertiary/aromatic N) is 3. The van der Waals surface area contributed by atoms with Crippen LogP contribution in [0, 0.1) is 0 Å². The zero-order chi connectivity index (χ0) is 22.8. The van der Waals surface area contributed by atoms with E-state index in [2.05, 4.69) is 4.90 Å². The van der Waals surface area contributed by atoms with Gasteiger partial charge in [0.1, 0.15) is 11.4 Å². The van der Waals surface area contributed by atoms with Crippen LogP contribution in [-0.2, 0) is 13.6 Å². The molecule has 1 aliphatic rings. The van der Waals surface area contributed by atoms with E-state index in [4.69, 9.17) is 14.2 Å². The molecular weight excluding hydrogens is 410 g/mol. The van der Waals surface area contributed by atoms with Gasteiger partial charge in [0.25, 0.3) is 5.91 Å². The van der Waals surface area contributed by atoms with Crippen molar-refractivity contribution in [3.05, 3.63) is 47.7 Å². The number of carbonyl (C=O) groups excluding carboxylic acids is 1. The molecule has 1 aromatic heterocycles. The fourth-order valence-electron chi connectivity index (χ4n) is 4.34. The summed E-state index contributed by atoms with van der Waals surface area (Å²) in [6.45, 7) is 3.49. The molecule has 0 unspecified atom stereocenters. The zero-order valence-corrected chi connectivity index (χ0v) is 18.9. The predicted molar refractivity (Wildman–Crippen MR) is 122 cm³/mol. The van der Waals surface area contributed by atoms with E-state index in [0.717, 1.165) is 29.6 Å². The average Bonchev–Trinajstić information content (AvgIpc) is 3.13. The molecule has 0 radical (unpaired) electrons. The van der Waals surface area contributed by atoms with E-state index in [1.807, 2.05) is 40.8 Å². The number of rotatable bonds is 6. The molecule has 170 valence electrons. The largest absolute Gasteiger partial charge is 0.508 e. The molecule has 4 rings (SSSR count). The second-order valence-electron chi connectivity index (χ2n) is 7.89. The maximum Gasteiger partial charge on any atom is 0.270 e. The maximum atomic E-state index is 13.2. The molecule has 0 bridgehead atoms. The Labute approximate surface area is 187 Å². The molecule has 2 aromatic carbocycles. The number of carbonyl (C=O) groups is 1. The van der Waals surface area contributed by atoms with Crippen LogP contribution in [0.4, 0.5) is 0 Å². The monoisotopic (exact) mass is 439 g/mol. The minimum atomic E-state index is 0.00605. The molecular formula is C24H29N3O5. The van der Waals surface area contributed by atoms with E-state index in [1.165, 1.54) is 0 Å². The number of fused-ring (bicyclic) bond motifs is 1. The number of aryl methyl sites for hydroxylation is 1. The molecule has 32 heavy (non-hydrogen) atoms. The van der Waals surface area contributed by atoms with Crippen molar-refractivity contribution < 1.29 is 24.1 Å². The number of hydrogen-bond donors (Lipinski definition) is 1. The number of phenols is 1. The Morgan fingerprint density at radius 2 is 1.66 bits per heavy atom. The molecule has 1 amide bonds. The Kier molecular flexibility index (Phi) is 6.14. The van der Waals surface area contributed by atoms with E-state index >= 15 is 0 Å². The second-order valence-corrected chi connectivity index (χ2v) is 7.89. The molecule has 1 saturated heterocycles. The normalized spacial score (nSPS) is 14.6. The van der Waals surface area contributed by atoms with Gasteiger partial charge in [-0.3, -0.25) is 9.69 Å². The first-order chi connectivity index (χ1) is 15.5. The highest BCUT2D eigenvalue weighted by atomic mass is 16.5. The van der Waals surface area contributed by atoms with E-state index in [0.29, 0.717) is 42.6 Å². The molecule has 0 saturated carbocycles. The zero-order valence-electron chi connectivity index (χ0n) is 18.9. The molecule has 0 atom stereocenters. The summed E-state index contributed by atoms with van der Waals surface area (Å²) >= 11 is 0. The van der Waals surface area contributed by atoms with E-state index < -0.39 is 0 Å². The summed E-state index contributed by atoms with van der Waals surface area (Å²) in [5.41, 5.74) is 2.56. The van der Waals surface area contributed by atoms with Crippen LogP contribution in [-0.4, -0.2) is 72.9 Å². The van der Waals surface area contributed by atoms with Crippen LogP contribution >= 0.6 is 0 Å². The number of ether oxygens (including phenoxy) is 3. The predicted octanol–water partition coefficient (Wildman–Crippen LogP) is 2.87. The van der Waals surface area contributed by atoms with E-state index in [-0.39, 0.29) is 11.7 Å². The Hall–Kier alpha value is -3.39. The van der Waals surface area contributed by atoms with Gasteiger partial charge in [0, 0.05) is 56.2 Å². The SMILES string of the molecule is COc1ccc(CN2CCN(C(=O)c3cc4cc(O)ccc4n3C)CC2)c(OC)c1OC. The van der Waals surface area contributed by atoms with E-state index in [9.17, 15) is 9.90 Å². The Morgan fingerprint density at radius 3 is 2.31 bits per heavy atom. The van der Waals surface area contributed by atoms with Crippen molar-refractivity contribution in [3.63, 3.8) is 0 Å². The smallest absolute Gasteiger partial charge is 0.270 e. The van der Waals surface area contributed by atoms with Gasteiger partial charge < -0.3 is 28.8 Å². The van der Waals surface area contributed by atoms with Gasteiger partial charge in [-0.15, -0.1) is 0 Å². The molecule has 8 heteroatoms. The molecule has 0 spiro atoms. The van der Waals surface area contributed by atoms with Gasteiger partial charge in [0.15, 0.2) is 11.5 Å². The minimum absolute atomic E-state index is 0.00605. The van der Waals surface area contributed by atoms with Crippen molar-refractivity contribution in [1.82, 2.24) is 14.4 Å². The lowest BCUT2D eigenvalue weighted by Crippen LogP contribution is -2.48. The number of benzene rings is 2. The van der Waals surface area contributed by atoms with Gasteiger partial charge in [-0.05, 0) is 30.3 Å². The lowest BCUT2D eigenvalue weighted by atomic mass is 10.1. The quantitative estimate of drug-likeness (QED) is 0.637. The first-order valence-corrected chi connectivity index (χ1v) is 10.5. The summed E-state index contributed by atoms with van der Waals surface area (Å²) in [6.07, 6.45) is 0. The van der Waals surface area contributed by atoms with Gasteiger partial charge in [-0.2, -0.15) is 0 Å². The van der Waals surface area contributed by atoms with Crippen LogP contribution in [0.5, 0.6) is 23.0 Å². The van der Waals surface area contributed by atoms with Gasteiger partial charge in [-0.25, -0.2) is 0 Å². The molecule has 8 nitrogen and oxygen atoms in total. The number of phenolic OH excluding ortho intramolecular Hbond substituents is 1. The van der Waals surface area contributed by atoms with Crippen molar-refractivity contribution in [2.45, 2.75) is 6.54 Å². The van der Waals surface area contributed by atoms with Gasteiger partial charge >= 0.3 is 0 Å². The summed E-state index contributed by atoms with van der Waals surface area (Å²) in [7, 11) is 6.71. The second kappa shape index (κ2) is 9.00. The Morgan fingerprint density at radius 1 is 0.938 bits per heavy atom. The van der Waals surface area contributed by atoms with Crippen molar-refractivity contribution in [2.24, 2.45) is 7.05 Å². The van der Waals surface area contributed by atoms with Crippen LogP contribution in [0.25, 0.3) is 10.9 Å². The maximum absolute atomic E-state index is 13.2. The summed E-state index contributed by atoms with van der Waals surface area (Å²) in [5, 5.41) is 10.6. The number of aromatic nitrogens is 1. The Balaban J connectivity index is 1.45. The van der Waals surface area contributed by atoms with Crippen LogP contribution in [0.15, 0.2) is 36.4 Å². The van der Waals surface area contributed by atoms with Crippen molar-refractivity contribution >= 4 is 16.8 Å². The number of piperazine rings is 1. The van der Waals surface area contributed by atoms with Crippen LogP contribution < -0.4 is 14.2 Å². The summed E-state index contributed by atoms with van der Waals surface area (Å²) in [4.78, 5) is 17.4. The third-order valence-corrected chi connectivity index (χ3v) is 6.08. The Bertz CT molecular complexity index is 1130. The van der Waals surface area contributed by atoms with Gasteiger partial charge in [-0.1, -0.05) is 6.07 Å². The van der Waals surface area contributed by atoms with Crippen molar-refractivity contribution in [2.75, 3.05) is 47.5 Å². The standard InChI is InChI=1S/C24H29N3O5/c1-25-19-7-6-18(28)13-17(19)14-20(25)24(29)27-11-9-26(10-12-27)15-16-5-8-21(30-2)23(32-4)22(16)31-3/h5-8,13-14,28H,9-12,15H2,1-4H3. The van der Waals surface area contributed by atoms with Crippen molar-refractivity contribution in [3.8, 4) is 23.0 Å². The topological polar surface area (TPSA) is 76.4 Å². The lowest BCUT2D eigenvalue weighted by Gasteiger charge is -2.35.